The van der Waals surface area contributed by atoms with Crippen LogP contribution in [-0.2, 0) is 11.3 Å². The number of hydrogen-bond donors (Lipinski definition) is 0. The molecule has 3 aliphatic rings. The van der Waals surface area contributed by atoms with Gasteiger partial charge < -0.3 is 4.90 Å². The highest BCUT2D eigenvalue weighted by molar-refractivity contribution is 5.81. The first-order valence-electron chi connectivity index (χ1n) is 7.95. The predicted octanol–water partition coefficient (Wildman–Crippen LogP) is 2.41. The van der Waals surface area contributed by atoms with Gasteiger partial charge in [-0.25, -0.2) is 4.39 Å². The van der Waals surface area contributed by atoms with Crippen molar-refractivity contribution in [2.45, 2.75) is 37.8 Å². The van der Waals surface area contributed by atoms with E-state index in [1.807, 2.05) is 12.1 Å². The normalized spacial score (nSPS) is 28.9. The average molecular weight is 288 g/mol. The third-order valence-corrected chi connectivity index (χ3v) is 5.38. The molecule has 21 heavy (non-hydrogen) atoms. The molecule has 2 heterocycles. The van der Waals surface area contributed by atoms with Crippen LogP contribution >= 0.6 is 0 Å². The van der Waals surface area contributed by atoms with Crippen molar-refractivity contribution in [3.63, 3.8) is 0 Å². The van der Waals surface area contributed by atoms with Crippen molar-refractivity contribution >= 4 is 5.91 Å². The first-order valence-corrected chi connectivity index (χ1v) is 7.95. The molecule has 3 fully saturated rings. The fourth-order valence-electron chi connectivity index (χ4n) is 3.74. The van der Waals surface area contributed by atoms with Crippen molar-refractivity contribution in [2.75, 3.05) is 19.6 Å². The van der Waals surface area contributed by atoms with Crippen LogP contribution in [0.25, 0.3) is 0 Å². The number of amides is 1. The van der Waals surface area contributed by atoms with E-state index in [-0.39, 0.29) is 11.4 Å². The van der Waals surface area contributed by atoms with Crippen LogP contribution < -0.4 is 0 Å². The summed E-state index contributed by atoms with van der Waals surface area (Å²) in [5.41, 5.74) is 1.35. The van der Waals surface area contributed by atoms with Gasteiger partial charge in [-0.1, -0.05) is 12.1 Å². The predicted molar refractivity (Wildman–Crippen MR) is 78.1 cm³/mol. The Labute approximate surface area is 124 Å². The first-order chi connectivity index (χ1) is 10.2. The summed E-state index contributed by atoms with van der Waals surface area (Å²) in [5.74, 6) is 0.519. The Morgan fingerprint density at radius 3 is 2.52 bits per heavy atom. The number of benzene rings is 1. The minimum atomic E-state index is -0.181. The van der Waals surface area contributed by atoms with Gasteiger partial charge in [0, 0.05) is 37.6 Å². The summed E-state index contributed by atoms with van der Waals surface area (Å²) in [6.45, 7) is 3.76. The van der Waals surface area contributed by atoms with Crippen molar-refractivity contribution in [1.29, 1.82) is 0 Å². The number of likely N-dealkylation sites (tertiary alicyclic amines) is 2. The Kier molecular flexibility index (Phi) is 3.03. The van der Waals surface area contributed by atoms with Gasteiger partial charge in [0.25, 0.3) is 0 Å². The van der Waals surface area contributed by atoms with E-state index in [1.165, 1.54) is 18.6 Å². The maximum Gasteiger partial charge on any atom is 0.225 e. The maximum absolute atomic E-state index is 13.0. The summed E-state index contributed by atoms with van der Waals surface area (Å²) in [5, 5.41) is 0. The Bertz CT molecular complexity index is 554. The molecule has 0 N–H and O–H groups in total. The molecule has 4 rings (SSSR count). The molecule has 1 aliphatic carbocycles. The van der Waals surface area contributed by atoms with E-state index in [2.05, 4.69) is 9.80 Å². The number of nitrogens with zero attached hydrogens (tertiary/aromatic N) is 2. The van der Waals surface area contributed by atoms with Crippen LogP contribution in [0.3, 0.4) is 0 Å². The number of rotatable bonds is 3. The van der Waals surface area contributed by atoms with E-state index in [4.69, 9.17) is 0 Å². The Morgan fingerprint density at radius 1 is 1.19 bits per heavy atom. The van der Waals surface area contributed by atoms with Crippen molar-refractivity contribution < 1.29 is 9.18 Å². The topological polar surface area (TPSA) is 23.6 Å². The molecule has 112 valence electrons. The van der Waals surface area contributed by atoms with Gasteiger partial charge in [-0.05, 0) is 43.4 Å². The summed E-state index contributed by atoms with van der Waals surface area (Å²) >= 11 is 0. The lowest BCUT2D eigenvalue weighted by Crippen LogP contribution is -2.60. The molecule has 0 bridgehead atoms. The minimum Gasteiger partial charge on any atom is -0.341 e. The second-order valence-corrected chi connectivity index (χ2v) is 6.81. The Hall–Kier alpha value is -1.42. The molecule has 1 amide bonds. The summed E-state index contributed by atoms with van der Waals surface area (Å²) < 4.78 is 13.0. The molecular weight excluding hydrogens is 267 g/mol. The van der Waals surface area contributed by atoms with E-state index in [0.29, 0.717) is 11.8 Å². The van der Waals surface area contributed by atoms with Gasteiger partial charge in [0.15, 0.2) is 0 Å². The summed E-state index contributed by atoms with van der Waals surface area (Å²) in [6, 6.07) is 6.78. The molecule has 1 spiro atoms. The van der Waals surface area contributed by atoms with Gasteiger partial charge in [-0.2, -0.15) is 0 Å². The SMILES string of the molecule is O=C(C1CC1)N1CC[C@]2(CCN2Cc2ccc(F)cc2)C1. The fourth-order valence-corrected chi connectivity index (χ4v) is 3.74. The number of carbonyl (C=O) groups excluding carboxylic acids is 1. The van der Waals surface area contributed by atoms with Gasteiger partial charge in [0.2, 0.25) is 5.91 Å². The van der Waals surface area contributed by atoms with Crippen LogP contribution in [0.1, 0.15) is 31.2 Å². The largest absolute Gasteiger partial charge is 0.341 e. The average Bonchev–Trinajstić information content (AvgIpc) is 3.22. The third kappa shape index (κ3) is 2.35. The molecule has 2 saturated heterocycles. The van der Waals surface area contributed by atoms with Gasteiger partial charge in [-0.3, -0.25) is 9.69 Å². The van der Waals surface area contributed by atoms with Crippen LogP contribution in [0.2, 0.25) is 0 Å². The molecule has 4 heteroatoms. The van der Waals surface area contributed by atoms with Crippen molar-refractivity contribution in [3.05, 3.63) is 35.6 Å². The second-order valence-electron chi connectivity index (χ2n) is 6.81. The summed E-state index contributed by atoms with van der Waals surface area (Å²) in [6.07, 6.45) is 4.44. The van der Waals surface area contributed by atoms with Crippen LogP contribution in [0, 0.1) is 11.7 Å². The zero-order valence-electron chi connectivity index (χ0n) is 12.2. The van der Waals surface area contributed by atoms with E-state index in [9.17, 15) is 9.18 Å². The van der Waals surface area contributed by atoms with Crippen molar-refractivity contribution in [3.8, 4) is 0 Å². The lowest BCUT2D eigenvalue weighted by atomic mass is 9.83. The van der Waals surface area contributed by atoms with E-state index < -0.39 is 0 Å². The molecular formula is C17H21FN2O. The monoisotopic (exact) mass is 288 g/mol. The van der Waals surface area contributed by atoms with Crippen molar-refractivity contribution in [1.82, 2.24) is 9.80 Å². The van der Waals surface area contributed by atoms with Crippen LogP contribution in [0.5, 0.6) is 0 Å². The summed E-state index contributed by atoms with van der Waals surface area (Å²) in [4.78, 5) is 16.8. The molecule has 0 radical (unpaired) electrons. The van der Waals surface area contributed by atoms with Crippen LogP contribution in [0.15, 0.2) is 24.3 Å². The molecule has 2 aliphatic heterocycles. The van der Waals surface area contributed by atoms with E-state index >= 15 is 0 Å². The Morgan fingerprint density at radius 2 is 1.90 bits per heavy atom. The molecule has 1 aromatic rings. The fraction of sp³-hybridized carbons (Fsp3) is 0.588. The third-order valence-electron chi connectivity index (χ3n) is 5.38. The molecule has 1 saturated carbocycles. The zero-order valence-corrected chi connectivity index (χ0v) is 12.2. The molecule has 0 aromatic heterocycles. The zero-order chi connectivity index (χ0) is 14.4. The second kappa shape index (κ2) is 4.80. The molecule has 3 nitrogen and oxygen atoms in total. The standard InChI is InChI=1S/C17H21FN2O/c18-15-5-1-13(2-6-15)11-20-10-8-17(20)7-9-19(12-17)16(21)14-3-4-14/h1-2,5-6,14H,3-4,7-12H2/t17-/m0/s1. The first kappa shape index (κ1) is 13.3. The van der Waals surface area contributed by atoms with Gasteiger partial charge in [0.05, 0.1) is 0 Å². The highest BCUT2D eigenvalue weighted by Crippen LogP contribution is 2.42. The van der Waals surface area contributed by atoms with Gasteiger partial charge >= 0.3 is 0 Å². The number of hydrogen-bond acceptors (Lipinski definition) is 2. The highest BCUT2D eigenvalue weighted by Gasteiger charge is 2.51. The van der Waals surface area contributed by atoms with E-state index in [0.717, 1.165) is 51.0 Å². The van der Waals surface area contributed by atoms with E-state index in [1.54, 1.807) is 0 Å². The summed E-state index contributed by atoms with van der Waals surface area (Å²) in [7, 11) is 0. The van der Waals surface area contributed by atoms with Crippen LogP contribution in [-0.4, -0.2) is 40.9 Å². The molecule has 1 aromatic carbocycles. The number of halogens is 1. The maximum atomic E-state index is 13.0. The lowest BCUT2D eigenvalue weighted by Gasteiger charge is -2.50. The minimum absolute atomic E-state index is 0.181. The van der Waals surface area contributed by atoms with Gasteiger partial charge in [-0.15, -0.1) is 0 Å². The van der Waals surface area contributed by atoms with Crippen molar-refractivity contribution in [2.24, 2.45) is 5.92 Å². The lowest BCUT2D eigenvalue weighted by molar-refractivity contribution is -0.132. The Balaban J connectivity index is 1.41. The van der Waals surface area contributed by atoms with Gasteiger partial charge in [0.1, 0.15) is 5.82 Å². The highest BCUT2D eigenvalue weighted by atomic mass is 19.1. The quantitative estimate of drug-likeness (QED) is 0.853. The van der Waals surface area contributed by atoms with Crippen LogP contribution in [0.4, 0.5) is 4.39 Å². The number of carbonyl (C=O) groups is 1. The molecule has 0 unspecified atom stereocenters. The molecule has 1 atom stereocenters. The smallest absolute Gasteiger partial charge is 0.225 e.